The number of rotatable bonds is 2. The number of fused-ring (bicyclic) bond motifs is 1. The van der Waals surface area contributed by atoms with Crippen molar-refractivity contribution in [1.29, 1.82) is 0 Å². The van der Waals surface area contributed by atoms with Crippen LogP contribution in [0.1, 0.15) is 24.1 Å². The zero-order valence-corrected chi connectivity index (χ0v) is 16.2. The minimum absolute atomic E-state index is 0. The fourth-order valence-corrected chi connectivity index (χ4v) is 4.24. The number of pyridine rings is 1. The Hall–Kier alpha value is -0.580. The maximum atomic E-state index is 6.60. The van der Waals surface area contributed by atoms with Gasteiger partial charge in [-0.2, -0.15) is 0 Å². The van der Waals surface area contributed by atoms with Crippen LogP contribution in [0.4, 0.5) is 0 Å². The predicted octanol–water partition coefficient (Wildman–Crippen LogP) is 4.23. The Labute approximate surface area is 161 Å². The maximum absolute atomic E-state index is 6.60. The molecule has 1 aromatic carbocycles. The summed E-state index contributed by atoms with van der Waals surface area (Å²) in [5, 5.41) is 5.51. The summed E-state index contributed by atoms with van der Waals surface area (Å²) in [5.41, 5.74) is 3.73. The van der Waals surface area contributed by atoms with E-state index in [1.165, 1.54) is 32.5 Å². The first-order valence-electron chi connectivity index (χ1n) is 8.14. The number of para-hydroxylation sites is 1. The molecule has 24 heavy (non-hydrogen) atoms. The third-order valence-corrected chi connectivity index (χ3v) is 5.87. The molecule has 3 heterocycles. The molecule has 1 N–H and O–H groups in total. The van der Waals surface area contributed by atoms with Gasteiger partial charge in [0, 0.05) is 25.0 Å². The molecule has 132 valence electrons. The van der Waals surface area contributed by atoms with Gasteiger partial charge in [0.15, 0.2) is 0 Å². The molecule has 0 aliphatic carbocycles. The average Bonchev–Trinajstić information content (AvgIpc) is 3.15. The molecule has 2 fully saturated rings. The number of likely N-dealkylation sites (tertiary alicyclic amines) is 1. The van der Waals surface area contributed by atoms with E-state index >= 15 is 0 Å². The van der Waals surface area contributed by atoms with Gasteiger partial charge in [-0.1, -0.05) is 29.8 Å². The highest BCUT2D eigenvalue weighted by Gasteiger charge is 2.40. The first-order valence-corrected chi connectivity index (χ1v) is 8.52. The lowest BCUT2D eigenvalue weighted by Crippen LogP contribution is -2.29. The van der Waals surface area contributed by atoms with Gasteiger partial charge in [-0.3, -0.25) is 4.90 Å². The molecule has 2 aromatic rings. The Bertz CT molecular complexity index is 714. The maximum Gasteiger partial charge on any atom is 0.0740 e. The van der Waals surface area contributed by atoms with Gasteiger partial charge in [-0.25, -0.2) is 4.98 Å². The Morgan fingerprint density at radius 1 is 1.25 bits per heavy atom. The van der Waals surface area contributed by atoms with Crippen molar-refractivity contribution in [2.75, 3.05) is 26.2 Å². The smallest absolute Gasteiger partial charge is 0.0740 e. The summed E-state index contributed by atoms with van der Waals surface area (Å²) in [6, 6.07) is 8.27. The van der Waals surface area contributed by atoms with Gasteiger partial charge in [0.2, 0.25) is 0 Å². The second-order valence-electron chi connectivity index (χ2n) is 6.90. The Morgan fingerprint density at radius 3 is 2.79 bits per heavy atom. The third kappa shape index (κ3) is 3.51. The standard InChI is InChI=1S/C18H22ClN3.2ClH/c1-13-14-4-2-3-5-15(14)21-16(17(13)19)10-22-9-7-18(12-22)6-8-20-11-18;;/h2-5,20H,6-12H2,1H3;2*1H. The summed E-state index contributed by atoms with van der Waals surface area (Å²) in [5.74, 6) is 0. The van der Waals surface area contributed by atoms with Gasteiger partial charge in [-0.05, 0) is 49.9 Å². The molecule has 4 rings (SSSR count). The van der Waals surface area contributed by atoms with Crippen LogP contribution in [0.15, 0.2) is 24.3 Å². The van der Waals surface area contributed by atoms with Crippen LogP contribution in [-0.2, 0) is 6.54 Å². The topological polar surface area (TPSA) is 28.2 Å². The second-order valence-corrected chi connectivity index (χ2v) is 7.28. The summed E-state index contributed by atoms with van der Waals surface area (Å²) in [6.07, 6.45) is 2.60. The Morgan fingerprint density at radius 2 is 2.04 bits per heavy atom. The number of benzene rings is 1. The molecule has 0 radical (unpaired) electrons. The lowest BCUT2D eigenvalue weighted by molar-refractivity contribution is 0.266. The predicted molar refractivity (Wildman–Crippen MR) is 106 cm³/mol. The van der Waals surface area contributed by atoms with Crippen LogP contribution in [0.3, 0.4) is 0 Å². The van der Waals surface area contributed by atoms with Crippen LogP contribution >= 0.6 is 36.4 Å². The van der Waals surface area contributed by atoms with Crippen molar-refractivity contribution in [1.82, 2.24) is 15.2 Å². The van der Waals surface area contributed by atoms with Crippen LogP contribution in [-0.4, -0.2) is 36.1 Å². The lowest BCUT2D eigenvalue weighted by Gasteiger charge is -2.23. The van der Waals surface area contributed by atoms with Gasteiger partial charge in [0.1, 0.15) is 0 Å². The molecule has 0 saturated carbocycles. The van der Waals surface area contributed by atoms with Crippen LogP contribution in [0.5, 0.6) is 0 Å². The molecule has 2 aliphatic heterocycles. The molecule has 2 saturated heterocycles. The summed E-state index contributed by atoms with van der Waals surface area (Å²) < 4.78 is 0. The molecule has 1 unspecified atom stereocenters. The van der Waals surface area contributed by atoms with E-state index in [0.29, 0.717) is 5.41 Å². The van der Waals surface area contributed by atoms with Crippen LogP contribution in [0.25, 0.3) is 10.9 Å². The number of nitrogens with zero attached hydrogens (tertiary/aromatic N) is 2. The lowest BCUT2D eigenvalue weighted by atomic mass is 9.87. The summed E-state index contributed by atoms with van der Waals surface area (Å²) in [4.78, 5) is 7.35. The van der Waals surface area contributed by atoms with E-state index in [1.54, 1.807) is 0 Å². The normalized spacial score (nSPS) is 23.4. The van der Waals surface area contributed by atoms with E-state index in [4.69, 9.17) is 16.6 Å². The Balaban J connectivity index is 0.00000104. The molecule has 2 aliphatic rings. The number of aromatic nitrogens is 1. The number of hydrogen-bond acceptors (Lipinski definition) is 3. The molecule has 3 nitrogen and oxygen atoms in total. The van der Waals surface area contributed by atoms with Crippen molar-refractivity contribution in [2.45, 2.75) is 26.3 Å². The molecule has 1 aromatic heterocycles. The number of hydrogen-bond donors (Lipinski definition) is 1. The SMILES string of the molecule is Cc1c(Cl)c(CN2CCC3(CCNC3)C2)nc2ccccc12.Cl.Cl. The molecule has 0 bridgehead atoms. The van der Waals surface area contributed by atoms with E-state index in [0.717, 1.165) is 40.3 Å². The largest absolute Gasteiger partial charge is 0.316 e. The van der Waals surface area contributed by atoms with Gasteiger partial charge in [0.25, 0.3) is 0 Å². The highest BCUT2D eigenvalue weighted by Crippen LogP contribution is 2.37. The molecule has 1 atom stereocenters. The van der Waals surface area contributed by atoms with Crippen molar-refractivity contribution in [3.63, 3.8) is 0 Å². The van der Waals surface area contributed by atoms with E-state index in [1.807, 2.05) is 12.1 Å². The first-order chi connectivity index (χ1) is 10.7. The van der Waals surface area contributed by atoms with Crippen LogP contribution in [0.2, 0.25) is 5.02 Å². The van der Waals surface area contributed by atoms with E-state index in [9.17, 15) is 0 Å². The summed E-state index contributed by atoms with van der Waals surface area (Å²) >= 11 is 6.60. The van der Waals surface area contributed by atoms with Crippen molar-refractivity contribution in [3.8, 4) is 0 Å². The average molecular weight is 389 g/mol. The third-order valence-electron chi connectivity index (χ3n) is 5.37. The molecular weight excluding hydrogens is 365 g/mol. The van der Waals surface area contributed by atoms with Crippen molar-refractivity contribution in [2.24, 2.45) is 5.41 Å². The van der Waals surface area contributed by atoms with Crippen LogP contribution in [0, 0.1) is 12.3 Å². The monoisotopic (exact) mass is 387 g/mol. The molecule has 1 spiro atoms. The van der Waals surface area contributed by atoms with Crippen molar-refractivity contribution >= 4 is 47.3 Å². The summed E-state index contributed by atoms with van der Waals surface area (Å²) in [6.45, 7) is 7.63. The zero-order valence-electron chi connectivity index (χ0n) is 13.8. The van der Waals surface area contributed by atoms with E-state index in [-0.39, 0.29) is 24.8 Å². The van der Waals surface area contributed by atoms with E-state index in [2.05, 4.69) is 29.3 Å². The minimum Gasteiger partial charge on any atom is -0.316 e. The van der Waals surface area contributed by atoms with Gasteiger partial charge in [-0.15, -0.1) is 24.8 Å². The number of nitrogens with one attached hydrogen (secondary N) is 1. The van der Waals surface area contributed by atoms with E-state index < -0.39 is 0 Å². The minimum atomic E-state index is 0. The van der Waals surface area contributed by atoms with Gasteiger partial charge < -0.3 is 5.32 Å². The molecule has 0 amide bonds. The molecule has 6 heteroatoms. The van der Waals surface area contributed by atoms with Crippen molar-refractivity contribution < 1.29 is 0 Å². The molecular formula is C18H24Cl3N3. The summed E-state index contributed by atoms with van der Waals surface area (Å²) in [7, 11) is 0. The number of halogens is 3. The number of aryl methyl sites for hydroxylation is 1. The Kier molecular flexibility index (Phi) is 6.38. The fraction of sp³-hybridized carbons (Fsp3) is 0.500. The van der Waals surface area contributed by atoms with Gasteiger partial charge in [0.05, 0.1) is 16.2 Å². The highest BCUT2D eigenvalue weighted by molar-refractivity contribution is 6.32. The quantitative estimate of drug-likeness (QED) is 0.834. The fourth-order valence-electron chi connectivity index (χ4n) is 4.04. The van der Waals surface area contributed by atoms with Crippen molar-refractivity contribution in [3.05, 3.63) is 40.5 Å². The second kappa shape index (κ2) is 7.76. The first kappa shape index (κ1) is 19.7. The van der Waals surface area contributed by atoms with Crippen LogP contribution < -0.4 is 5.32 Å². The van der Waals surface area contributed by atoms with Gasteiger partial charge >= 0.3 is 0 Å². The highest BCUT2D eigenvalue weighted by atomic mass is 35.5. The zero-order chi connectivity index (χ0) is 15.2.